The van der Waals surface area contributed by atoms with Gasteiger partial charge in [-0.05, 0) is 18.8 Å². The summed E-state index contributed by atoms with van der Waals surface area (Å²) >= 11 is 0. The summed E-state index contributed by atoms with van der Waals surface area (Å²) in [5, 5.41) is 6.04. The molecule has 2 rings (SSSR count). The van der Waals surface area contributed by atoms with E-state index in [0.29, 0.717) is 13.2 Å². The third kappa shape index (κ3) is 3.44. The molecule has 1 aliphatic carbocycles. The van der Waals surface area contributed by atoms with Crippen LogP contribution in [0.4, 0.5) is 0 Å². The quantitative estimate of drug-likeness (QED) is 0.700. The lowest BCUT2D eigenvalue weighted by Crippen LogP contribution is -2.48. The molecule has 0 bridgehead atoms. The van der Waals surface area contributed by atoms with Gasteiger partial charge in [0.05, 0.1) is 6.61 Å². The Hall–Kier alpha value is -0.320. The highest BCUT2D eigenvalue weighted by Gasteiger charge is 2.25. The fourth-order valence-corrected chi connectivity index (χ4v) is 1.41. The predicted octanol–water partition coefficient (Wildman–Crippen LogP) is -0.0772. The average Bonchev–Trinajstić information content (AvgIpc) is 2.99. The molecule has 1 atom stereocenters. The van der Waals surface area contributed by atoms with Crippen LogP contribution in [0.2, 0.25) is 0 Å². The molecule has 82 valence electrons. The van der Waals surface area contributed by atoms with Crippen molar-refractivity contribution < 1.29 is 9.53 Å². The zero-order chi connectivity index (χ0) is 9.10. The van der Waals surface area contributed by atoms with Crippen molar-refractivity contribution in [3.63, 3.8) is 0 Å². The van der Waals surface area contributed by atoms with Gasteiger partial charge in [-0.15, -0.1) is 12.4 Å². The highest BCUT2D eigenvalue weighted by Crippen LogP contribution is 2.27. The first-order valence-corrected chi connectivity index (χ1v) is 4.96. The molecule has 0 aromatic carbocycles. The van der Waals surface area contributed by atoms with Crippen LogP contribution in [-0.4, -0.2) is 38.3 Å². The lowest BCUT2D eigenvalue weighted by atomic mass is 10.3. The summed E-state index contributed by atoms with van der Waals surface area (Å²) in [6, 6.07) is 0. The summed E-state index contributed by atoms with van der Waals surface area (Å²) in [6.45, 7) is 2.98. The molecule has 1 heterocycles. The van der Waals surface area contributed by atoms with Crippen molar-refractivity contribution in [1.29, 1.82) is 0 Å². The Bertz CT molecular complexity index is 191. The van der Waals surface area contributed by atoms with E-state index in [4.69, 9.17) is 4.74 Å². The summed E-state index contributed by atoms with van der Waals surface area (Å²) < 4.78 is 5.32. The summed E-state index contributed by atoms with van der Waals surface area (Å²) in [6.07, 6.45) is 2.26. The zero-order valence-corrected chi connectivity index (χ0v) is 8.94. The minimum atomic E-state index is -0.271. The Morgan fingerprint density at radius 1 is 1.50 bits per heavy atom. The molecule has 0 unspecified atom stereocenters. The molecule has 1 saturated heterocycles. The Labute approximate surface area is 90.2 Å². The van der Waals surface area contributed by atoms with Gasteiger partial charge in [0.1, 0.15) is 6.10 Å². The average molecular weight is 221 g/mol. The van der Waals surface area contributed by atoms with Crippen LogP contribution in [0.25, 0.3) is 0 Å². The number of nitrogens with one attached hydrogen (secondary N) is 2. The molecule has 0 aromatic rings. The predicted molar refractivity (Wildman–Crippen MR) is 55.6 cm³/mol. The molecule has 5 heteroatoms. The van der Waals surface area contributed by atoms with E-state index in [1.807, 2.05) is 0 Å². The first-order valence-electron chi connectivity index (χ1n) is 4.96. The fourth-order valence-electron chi connectivity index (χ4n) is 1.41. The fraction of sp³-hybridized carbons (Fsp3) is 0.889. The van der Waals surface area contributed by atoms with Crippen LogP contribution in [0.5, 0.6) is 0 Å². The highest BCUT2D eigenvalue weighted by atomic mass is 35.5. The molecular weight excluding hydrogens is 204 g/mol. The Morgan fingerprint density at radius 2 is 2.29 bits per heavy atom. The number of hydrogen-bond donors (Lipinski definition) is 2. The number of rotatable bonds is 3. The van der Waals surface area contributed by atoms with E-state index in [9.17, 15) is 4.79 Å². The van der Waals surface area contributed by atoms with E-state index in [2.05, 4.69) is 10.6 Å². The van der Waals surface area contributed by atoms with Crippen molar-refractivity contribution in [2.75, 3.05) is 26.2 Å². The molecule has 1 aliphatic heterocycles. The van der Waals surface area contributed by atoms with Gasteiger partial charge in [-0.1, -0.05) is 0 Å². The number of amides is 1. The zero-order valence-electron chi connectivity index (χ0n) is 8.12. The van der Waals surface area contributed by atoms with Crippen LogP contribution >= 0.6 is 12.4 Å². The number of carbonyl (C=O) groups excluding carboxylic acids is 1. The molecule has 4 nitrogen and oxygen atoms in total. The Balaban J connectivity index is 0.000000980. The second-order valence-electron chi connectivity index (χ2n) is 3.75. The monoisotopic (exact) mass is 220 g/mol. The smallest absolute Gasteiger partial charge is 0.250 e. The first-order chi connectivity index (χ1) is 6.36. The largest absolute Gasteiger partial charge is 0.366 e. The minimum Gasteiger partial charge on any atom is -0.366 e. The maximum absolute atomic E-state index is 11.5. The van der Waals surface area contributed by atoms with Crippen LogP contribution in [0.3, 0.4) is 0 Å². The van der Waals surface area contributed by atoms with Crippen LogP contribution in [-0.2, 0) is 9.53 Å². The molecule has 0 radical (unpaired) electrons. The molecule has 2 fully saturated rings. The molecule has 0 spiro atoms. The van der Waals surface area contributed by atoms with Gasteiger partial charge in [0.2, 0.25) is 5.91 Å². The molecule has 2 N–H and O–H groups in total. The van der Waals surface area contributed by atoms with Crippen molar-refractivity contribution in [1.82, 2.24) is 10.6 Å². The van der Waals surface area contributed by atoms with E-state index in [1.165, 1.54) is 12.8 Å². The number of ether oxygens (including phenoxy) is 1. The standard InChI is InChI=1S/C9H16N2O2.ClH/c12-9(11-5-7-1-2-7)8-6-10-3-4-13-8;/h7-8,10H,1-6H2,(H,11,12);1H/t8-;/m1./s1. The van der Waals surface area contributed by atoms with E-state index >= 15 is 0 Å². The van der Waals surface area contributed by atoms with Crippen LogP contribution in [0.1, 0.15) is 12.8 Å². The molecule has 2 aliphatic rings. The number of halogens is 1. The third-order valence-corrected chi connectivity index (χ3v) is 2.48. The van der Waals surface area contributed by atoms with Crippen LogP contribution in [0, 0.1) is 5.92 Å². The summed E-state index contributed by atoms with van der Waals surface area (Å²) in [5.74, 6) is 0.777. The van der Waals surface area contributed by atoms with E-state index in [-0.39, 0.29) is 24.4 Å². The van der Waals surface area contributed by atoms with Crippen molar-refractivity contribution >= 4 is 18.3 Å². The normalized spacial score (nSPS) is 26.4. The van der Waals surface area contributed by atoms with Gasteiger partial charge in [-0.2, -0.15) is 0 Å². The van der Waals surface area contributed by atoms with E-state index < -0.39 is 0 Å². The van der Waals surface area contributed by atoms with Gasteiger partial charge in [0, 0.05) is 19.6 Å². The molecule has 14 heavy (non-hydrogen) atoms. The molecule has 0 aromatic heterocycles. The number of carbonyl (C=O) groups is 1. The maximum atomic E-state index is 11.5. The third-order valence-electron chi connectivity index (χ3n) is 2.48. The van der Waals surface area contributed by atoms with Gasteiger partial charge in [-0.25, -0.2) is 0 Å². The summed E-state index contributed by atoms with van der Waals surface area (Å²) in [5.41, 5.74) is 0. The second kappa shape index (κ2) is 5.53. The first kappa shape index (κ1) is 11.8. The van der Waals surface area contributed by atoms with Crippen LogP contribution < -0.4 is 10.6 Å². The van der Waals surface area contributed by atoms with Crippen molar-refractivity contribution in [2.24, 2.45) is 5.92 Å². The van der Waals surface area contributed by atoms with Gasteiger partial charge in [0.15, 0.2) is 0 Å². The SMILES string of the molecule is Cl.O=C(NCC1CC1)[C@H]1CNCCO1. The van der Waals surface area contributed by atoms with Crippen molar-refractivity contribution in [2.45, 2.75) is 18.9 Å². The molecular formula is C9H17ClN2O2. The van der Waals surface area contributed by atoms with E-state index in [0.717, 1.165) is 19.0 Å². The number of morpholine rings is 1. The number of hydrogen-bond acceptors (Lipinski definition) is 3. The highest BCUT2D eigenvalue weighted by molar-refractivity contribution is 5.85. The Morgan fingerprint density at radius 3 is 2.86 bits per heavy atom. The second-order valence-corrected chi connectivity index (χ2v) is 3.75. The lowest BCUT2D eigenvalue weighted by Gasteiger charge is -2.22. The van der Waals surface area contributed by atoms with Crippen molar-refractivity contribution in [3.8, 4) is 0 Å². The van der Waals surface area contributed by atoms with E-state index in [1.54, 1.807) is 0 Å². The molecule has 1 saturated carbocycles. The topological polar surface area (TPSA) is 50.4 Å². The minimum absolute atomic E-state index is 0. The van der Waals surface area contributed by atoms with Gasteiger partial charge in [0.25, 0.3) is 0 Å². The van der Waals surface area contributed by atoms with Gasteiger partial charge in [-0.3, -0.25) is 4.79 Å². The summed E-state index contributed by atoms with van der Waals surface area (Å²) in [4.78, 5) is 11.5. The summed E-state index contributed by atoms with van der Waals surface area (Å²) in [7, 11) is 0. The van der Waals surface area contributed by atoms with Crippen LogP contribution in [0.15, 0.2) is 0 Å². The molecule has 1 amide bonds. The maximum Gasteiger partial charge on any atom is 0.250 e. The lowest BCUT2D eigenvalue weighted by molar-refractivity contribution is -0.134. The van der Waals surface area contributed by atoms with Crippen molar-refractivity contribution in [3.05, 3.63) is 0 Å². The Kier molecular flexibility index (Phi) is 4.65. The van der Waals surface area contributed by atoms with Gasteiger partial charge < -0.3 is 15.4 Å². The van der Waals surface area contributed by atoms with Gasteiger partial charge >= 0.3 is 0 Å².